The number of rotatable bonds is 4. The Labute approximate surface area is 155 Å². The van der Waals surface area contributed by atoms with Crippen LogP contribution in [0.2, 0.25) is 0 Å². The van der Waals surface area contributed by atoms with E-state index in [0.717, 1.165) is 27.6 Å². The number of hydrogen-bond acceptors (Lipinski definition) is 3. The Morgan fingerprint density at radius 1 is 1.11 bits per heavy atom. The van der Waals surface area contributed by atoms with Crippen LogP contribution in [-0.2, 0) is 6.54 Å². The van der Waals surface area contributed by atoms with Crippen molar-refractivity contribution >= 4 is 16.7 Å². The number of fused-ring (bicyclic) bond motifs is 1. The number of aromatic amines is 1. The van der Waals surface area contributed by atoms with E-state index in [1.165, 1.54) is 12.1 Å². The third kappa shape index (κ3) is 3.29. The number of benzene rings is 2. The predicted octanol–water partition coefficient (Wildman–Crippen LogP) is 4.04. The molecule has 6 heteroatoms. The number of halogens is 1. The quantitative estimate of drug-likeness (QED) is 0.597. The molecular weight excluding hydrogens is 343 g/mol. The van der Waals surface area contributed by atoms with Gasteiger partial charge in [-0.1, -0.05) is 12.1 Å². The largest absolute Gasteiger partial charge is 0.337 e. The van der Waals surface area contributed by atoms with Crippen LogP contribution >= 0.6 is 0 Å². The topological polar surface area (TPSA) is 61.9 Å². The molecule has 2 heterocycles. The van der Waals surface area contributed by atoms with E-state index in [2.05, 4.69) is 15.2 Å². The van der Waals surface area contributed by atoms with E-state index in [1.807, 2.05) is 24.3 Å². The summed E-state index contributed by atoms with van der Waals surface area (Å²) >= 11 is 0. The smallest absolute Gasteiger partial charge is 0.254 e. The van der Waals surface area contributed by atoms with Gasteiger partial charge in [-0.2, -0.15) is 5.10 Å². The van der Waals surface area contributed by atoms with Gasteiger partial charge in [0, 0.05) is 48.1 Å². The molecule has 0 atom stereocenters. The summed E-state index contributed by atoms with van der Waals surface area (Å²) in [5, 5.41) is 8.82. The molecule has 1 N–H and O–H groups in total. The number of hydrogen-bond donors (Lipinski definition) is 1. The van der Waals surface area contributed by atoms with Crippen LogP contribution in [0.5, 0.6) is 0 Å². The molecule has 0 aliphatic heterocycles. The number of nitrogens with zero attached hydrogens (tertiary/aromatic N) is 3. The molecule has 4 aromatic rings. The Hall–Kier alpha value is -3.54. The van der Waals surface area contributed by atoms with Gasteiger partial charge in [-0.25, -0.2) is 4.39 Å². The van der Waals surface area contributed by atoms with E-state index >= 15 is 0 Å². The van der Waals surface area contributed by atoms with Gasteiger partial charge in [0.1, 0.15) is 5.82 Å². The monoisotopic (exact) mass is 360 g/mol. The highest BCUT2D eigenvalue weighted by molar-refractivity contribution is 6.06. The van der Waals surface area contributed by atoms with Crippen LogP contribution in [0, 0.1) is 5.82 Å². The number of nitrogens with one attached hydrogen (secondary N) is 1. The zero-order chi connectivity index (χ0) is 18.8. The Bertz CT molecular complexity index is 1100. The molecule has 0 spiro atoms. The van der Waals surface area contributed by atoms with Gasteiger partial charge in [-0.3, -0.25) is 14.9 Å². The molecule has 0 bridgehead atoms. The fourth-order valence-corrected chi connectivity index (χ4v) is 3.14. The fraction of sp³-hybridized carbons (Fsp3) is 0.0952. The molecule has 2 aromatic heterocycles. The summed E-state index contributed by atoms with van der Waals surface area (Å²) in [7, 11) is 1.75. The highest BCUT2D eigenvalue weighted by Crippen LogP contribution is 2.24. The van der Waals surface area contributed by atoms with Crippen LogP contribution in [0.25, 0.3) is 22.0 Å². The van der Waals surface area contributed by atoms with Crippen molar-refractivity contribution in [1.29, 1.82) is 0 Å². The van der Waals surface area contributed by atoms with Crippen molar-refractivity contribution in [3.8, 4) is 11.3 Å². The number of aromatic nitrogens is 3. The Kier molecular flexibility index (Phi) is 4.38. The summed E-state index contributed by atoms with van der Waals surface area (Å²) in [5.74, 6) is -0.379. The van der Waals surface area contributed by atoms with Crippen molar-refractivity contribution in [2.24, 2.45) is 0 Å². The number of H-pyrrole nitrogens is 1. The summed E-state index contributed by atoms with van der Waals surface area (Å²) < 4.78 is 13.2. The van der Waals surface area contributed by atoms with E-state index in [1.54, 1.807) is 42.7 Å². The van der Waals surface area contributed by atoms with Crippen LogP contribution in [0.1, 0.15) is 15.9 Å². The normalized spacial score (nSPS) is 10.9. The fourth-order valence-electron chi connectivity index (χ4n) is 3.14. The summed E-state index contributed by atoms with van der Waals surface area (Å²) in [6.45, 7) is 0.378. The second kappa shape index (κ2) is 6.99. The molecular formula is C21H17FN4O. The second-order valence-electron chi connectivity index (χ2n) is 6.34. The van der Waals surface area contributed by atoms with Gasteiger partial charge in [0.2, 0.25) is 0 Å². The van der Waals surface area contributed by atoms with E-state index in [-0.39, 0.29) is 11.7 Å². The number of carbonyl (C=O) groups excluding carboxylic acids is 1. The molecule has 1 amide bonds. The molecule has 27 heavy (non-hydrogen) atoms. The number of pyridine rings is 1. The first-order valence-electron chi connectivity index (χ1n) is 8.50. The molecule has 134 valence electrons. The zero-order valence-electron chi connectivity index (χ0n) is 14.7. The van der Waals surface area contributed by atoms with Crippen LogP contribution in [0.3, 0.4) is 0 Å². The lowest BCUT2D eigenvalue weighted by atomic mass is 10.0. The minimum Gasteiger partial charge on any atom is -0.337 e. The van der Waals surface area contributed by atoms with Crippen molar-refractivity contribution in [3.63, 3.8) is 0 Å². The first-order chi connectivity index (χ1) is 13.1. The summed E-state index contributed by atoms with van der Waals surface area (Å²) in [5.41, 5.74) is 3.08. The molecule has 0 aliphatic rings. The van der Waals surface area contributed by atoms with E-state index in [9.17, 15) is 9.18 Å². The van der Waals surface area contributed by atoms with Gasteiger partial charge in [0.15, 0.2) is 0 Å². The second-order valence-corrected chi connectivity index (χ2v) is 6.34. The van der Waals surface area contributed by atoms with Crippen molar-refractivity contribution in [3.05, 3.63) is 84.1 Å². The van der Waals surface area contributed by atoms with Crippen molar-refractivity contribution < 1.29 is 9.18 Å². The zero-order valence-corrected chi connectivity index (χ0v) is 14.7. The summed E-state index contributed by atoms with van der Waals surface area (Å²) in [6, 6.07) is 13.6. The van der Waals surface area contributed by atoms with Gasteiger partial charge in [0.05, 0.1) is 11.9 Å². The minimum atomic E-state index is -0.294. The van der Waals surface area contributed by atoms with E-state index in [4.69, 9.17) is 0 Å². The van der Waals surface area contributed by atoms with Crippen LogP contribution in [0.4, 0.5) is 4.39 Å². The van der Waals surface area contributed by atoms with Gasteiger partial charge >= 0.3 is 0 Å². The van der Waals surface area contributed by atoms with Gasteiger partial charge < -0.3 is 4.90 Å². The van der Waals surface area contributed by atoms with Crippen molar-refractivity contribution in [2.75, 3.05) is 7.05 Å². The molecule has 0 radical (unpaired) electrons. The average Bonchev–Trinajstić information content (AvgIpc) is 3.15. The third-order valence-corrected chi connectivity index (χ3v) is 4.52. The van der Waals surface area contributed by atoms with Crippen molar-refractivity contribution in [2.45, 2.75) is 6.54 Å². The maximum atomic E-state index is 13.2. The SMILES string of the molecule is CN(Cc1cn[nH]c1-c1ccc(F)cc1)C(=O)c1cccc2cnccc12. The molecule has 5 nitrogen and oxygen atoms in total. The maximum Gasteiger partial charge on any atom is 0.254 e. The Balaban J connectivity index is 1.61. The maximum absolute atomic E-state index is 13.2. The molecule has 0 saturated heterocycles. The van der Waals surface area contributed by atoms with Gasteiger partial charge in [-0.15, -0.1) is 0 Å². The number of carbonyl (C=O) groups is 1. The molecule has 0 saturated carbocycles. The lowest BCUT2D eigenvalue weighted by Gasteiger charge is -2.18. The number of amides is 1. The summed E-state index contributed by atoms with van der Waals surface area (Å²) in [6.07, 6.45) is 5.12. The molecule has 0 aliphatic carbocycles. The van der Waals surface area contributed by atoms with Crippen LogP contribution in [-0.4, -0.2) is 33.0 Å². The molecule has 2 aromatic carbocycles. The summed E-state index contributed by atoms with van der Waals surface area (Å²) in [4.78, 5) is 18.8. The van der Waals surface area contributed by atoms with Crippen LogP contribution in [0.15, 0.2) is 67.1 Å². The lowest BCUT2D eigenvalue weighted by Crippen LogP contribution is -2.26. The van der Waals surface area contributed by atoms with Gasteiger partial charge in [0.25, 0.3) is 5.91 Å². The minimum absolute atomic E-state index is 0.0851. The Morgan fingerprint density at radius 2 is 1.93 bits per heavy atom. The van der Waals surface area contributed by atoms with E-state index < -0.39 is 0 Å². The molecule has 4 rings (SSSR count). The highest BCUT2D eigenvalue weighted by Gasteiger charge is 2.17. The standard InChI is InChI=1S/C21H17FN4O/c1-26(21(27)19-4-2-3-15-11-23-10-9-18(15)19)13-16-12-24-25-20(16)14-5-7-17(22)8-6-14/h2-12H,13H2,1H3,(H,24,25). The first kappa shape index (κ1) is 16.9. The molecule has 0 unspecified atom stereocenters. The predicted molar refractivity (Wildman–Crippen MR) is 102 cm³/mol. The average molecular weight is 360 g/mol. The lowest BCUT2D eigenvalue weighted by molar-refractivity contribution is 0.0787. The van der Waals surface area contributed by atoms with E-state index in [0.29, 0.717) is 12.1 Å². The Morgan fingerprint density at radius 3 is 2.74 bits per heavy atom. The first-order valence-corrected chi connectivity index (χ1v) is 8.50. The van der Waals surface area contributed by atoms with Crippen molar-refractivity contribution in [1.82, 2.24) is 20.1 Å². The van der Waals surface area contributed by atoms with Gasteiger partial charge in [-0.05, 0) is 41.8 Å². The van der Waals surface area contributed by atoms with Crippen LogP contribution < -0.4 is 0 Å². The molecule has 0 fully saturated rings. The highest BCUT2D eigenvalue weighted by atomic mass is 19.1. The third-order valence-electron chi connectivity index (χ3n) is 4.52.